The zero-order chi connectivity index (χ0) is 32.4. The molecule has 5 atom stereocenters. The van der Waals surface area contributed by atoms with Crippen LogP contribution in [0, 0.1) is 5.92 Å². The van der Waals surface area contributed by atoms with E-state index in [1.54, 1.807) is 45.2 Å². The van der Waals surface area contributed by atoms with Crippen molar-refractivity contribution in [1.29, 1.82) is 0 Å². The Morgan fingerprint density at radius 3 is 2.58 bits per heavy atom. The van der Waals surface area contributed by atoms with E-state index < -0.39 is 74.3 Å². The largest absolute Gasteiger partial charge is 0.472 e. The Balaban J connectivity index is 1.42. The number of allylic oxidation sites excluding steroid dienone is 1. The summed E-state index contributed by atoms with van der Waals surface area (Å²) in [5.41, 5.74) is -2.24. The quantitative estimate of drug-likeness (QED) is 0.393. The molecule has 3 fully saturated rings. The van der Waals surface area contributed by atoms with Gasteiger partial charge in [0.1, 0.15) is 29.3 Å². The van der Waals surface area contributed by atoms with Gasteiger partial charge in [-0.25, -0.2) is 18.2 Å². The number of nitrogens with one attached hydrogen (secondary N) is 3. The van der Waals surface area contributed by atoms with Gasteiger partial charge in [-0.1, -0.05) is 31.1 Å². The molecule has 4 aliphatic rings. The second kappa shape index (κ2) is 13.0. The Bertz CT molecular complexity index is 1420. The summed E-state index contributed by atoms with van der Waals surface area (Å²) in [5.74, 6) is -1.91. The minimum absolute atomic E-state index is 0.0403. The van der Waals surface area contributed by atoms with Gasteiger partial charge in [-0.3, -0.25) is 19.1 Å². The number of hydrogen-bond donors (Lipinski definition) is 3. The van der Waals surface area contributed by atoms with E-state index in [0.717, 1.165) is 12.8 Å². The van der Waals surface area contributed by atoms with Crippen molar-refractivity contribution in [3.63, 3.8) is 0 Å². The Morgan fingerprint density at radius 2 is 1.89 bits per heavy atom. The topological polar surface area (TPSA) is 173 Å². The molecular weight excluding hydrogens is 602 g/mol. The first kappa shape index (κ1) is 32.7. The maximum Gasteiger partial charge on any atom is 0.408 e. The molecule has 0 aromatic carbocycles. The van der Waals surface area contributed by atoms with E-state index in [1.807, 2.05) is 12.2 Å². The van der Waals surface area contributed by atoms with Crippen LogP contribution in [-0.2, 0) is 29.1 Å². The fourth-order valence-corrected chi connectivity index (χ4v) is 7.25. The molecule has 0 unspecified atom stereocenters. The molecule has 246 valence electrons. The lowest BCUT2D eigenvalue weighted by molar-refractivity contribution is -0.141. The first-order valence-electron chi connectivity index (χ1n) is 15.7. The molecule has 3 N–H and O–H groups in total. The summed E-state index contributed by atoms with van der Waals surface area (Å²) in [6.45, 7) is 5.22. The number of ether oxygens (including phenoxy) is 2. The number of amides is 4. The van der Waals surface area contributed by atoms with Crippen molar-refractivity contribution < 1.29 is 37.1 Å². The van der Waals surface area contributed by atoms with Crippen LogP contribution >= 0.6 is 0 Å². The monoisotopic (exact) mass is 645 g/mol. The molecule has 14 heteroatoms. The van der Waals surface area contributed by atoms with Gasteiger partial charge in [-0.2, -0.15) is 0 Å². The molecule has 4 amide bonds. The Labute approximate surface area is 263 Å². The Kier molecular flexibility index (Phi) is 9.43. The molecule has 1 saturated heterocycles. The highest BCUT2D eigenvalue weighted by atomic mass is 32.2. The van der Waals surface area contributed by atoms with Crippen LogP contribution in [0.4, 0.5) is 4.79 Å². The Morgan fingerprint density at radius 1 is 1.11 bits per heavy atom. The number of nitrogens with zero attached hydrogens (tertiary/aromatic N) is 2. The predicted octanol–water partition coefficient (Wildman–Crippen LogP) is 2.33. The molecule has 2 aliphatic heterocycles. The standard InChI is InChI=1S/C31H43N5O8S/c1-30(2,3)44-29(40)33-23-12-8-6-4-5-7-11-20-18-31(20,28(39)35-45(41,42)22-14-15-22)34-26(37)24-17-21(19-36(24)27(23)38)43-25-13-9-10-16-32-25/h7,9-11,13,16,20-24H,4-6,8,12,14-15,17-19H2,1-3H3,(H,33,40)(H,34,37)(H,35,39)/b11-7-/t20-,21-,23+,24+,31-/m1/s1. The second-order valence-electron chi connectivity index (χ2n) is 13.4. The van der Waals surface area contributed by atoms with Crippen LogP contribution in [0.1, 0.15) is 78.6 Å². The molecule has 1 aromatic rings. The van der Waals surface area contributed by atoms with Crippen LogP contribution in [0.2, 0.25) is 0 Å². The van der Waals surface area contributed by atoms with Crippen LogP contribution in [0.25, 0.3) is 0 Å². The highest BCUT2D eigenvalue weighted by Gasteiger charge is 2.62. The van der Waals surface area contributed by atoms with E-state index >= 15 is 0 Å². The fraction of sp³-hybridized carbons (Fsp3) is 0.645. The van der Waals surface area contributed by atoms with Crippen LogP contribution in [0.3, 0.4) is 0 Å². The SMILES string of the molecule is CC(C)(C)OC(=O)N[C@H]1CCCCC/C=C\[C@@H]2C[C@@]2(C(=O)NS(=O)(=O)C2CC2)NC(=O)[C@@H]2C[C@@H](Oc3ccccn3)CN2C1=O. The molecule has 0 spiro atoms. The van der Waals surface area contributed by atoms with Gasteiger partial charge in [0, 0.05) is 24.6 Å². The normalized spacial score (nSPS) is 30.0. The third-order valence-electron chi connectivity index (χ3n) is 8.46. The molecule has 13 nitrogen and oxygen atoms in total. The van der Waals surface area contributed by atoms with Gasteiger partial charge in [0.2, 0.25) is 27.7 Å². The second-order valence-corrected chi connectivity index (χ2v) is 15.3. The summed E-state index contributed by atoms with van der Waals surface area (Å²) >= 11 is 0. The number of sulfonamides is 1. The van der Waals surface area contributed by atoms with Crippen LogP contribution in [0.15, 0.2) is 36.5 Å². The summed E-state index contributed by atoms with van der Waals surface area (Å²) < 4.78 is 39.0. The zero-order valence-electron chi connectivity index (χ0n) is 26.0. The van der Waals surface area contributed by atoms with Crippen LogP contribution in [0.5, 0.6) is 5.88 Å². The first-order chi connectivity index (χ1) is 21.3. The molecule has 45 heavy (non-hydrogen) atoms. The summed E-state index contributed by atoms with van der Waals surface area (Å²) in [6.07, 6.45) is 8.64. The molecule has 2 aliphatic carbocycles. The van der Waals surface area contributed by atoms with E-state index in [4.69, 9.17) is 9.47 Å². The summed E-state index contributed by atoms with van der Waals surface area (Å²) in [5, 5.41) is 4.94. The minimum Gasteiger partial charge on any atom is -0.472 e. The average Bonchev–Trinajstić information content (AvgIpc) is 3.88. The van der Waals surface area contributed by atoms with Crippen molar-refractivity contribution in [3.05, 3.63) is 36.5 Å². The summed E-state index contributed by atoms with van der Waals surface area (Å²) in [4.78, 5) is 60.0. The number of carbonyl (C=O) groups excluding carboxylic acids is 4. The van der Waals surface area contributed by atoms with Crippen molar-refractivity contribution in [1.82, 2.24) is 25.2 Å². The molecule has 1 aromatic heterocycles. The van der Waals surface area contributed by atoms with Crippen molar-refractivity contribution in [2.24, 2.45) is 5.92 Å². The zero-order valence-corrected chi connectivity index (χ0v) is 26.8. The lowest BCUT2D eigenvalue weighted by atomic mass is 10.0. The Hall–Kier alpha value is -3.68. The molecule has 5 rings (SSSR count). The van der Waals surface area contributed by atoms with Crippen LogP contribution in [-0.4, -0.2) is 83.2 Å². The van der Waals surface area contributed by atoms with Gasteiger partial charge in [0.25, 0.3) is 5.91 Å². The molecular formula is C31H43N5O8S. The van der Waals surface area contributed by atoms with E-state index in [0.29, 0.717) is 38.0 Å². The van der Waals surface area contributed by atoms with Crippen LogP contribution < -0.4 is 20.1 Å². The molecule has 0 bridgehead atoms. The van der Waals surface area contributed by atoms with Gasteiger partial charge in [-0.15, -0.1) is 0 Å². The first-order valence-corrected chi connectivity index (χ1v) is 17.2. The predicted molar refractivity (Wildman–Crippen MR) is 163 cm³/mol. The highest BCUT2D eigenvalue weighted by Crippen LogP contribution is 2.46. The van der Waals surface area contributed by atoms with Crippen molar-refractivity contribution in [3.8, 4) is 5.88 Å². The fourth-order valence-electron chi connectivity index (χ4n) is 5.88. The highest BCUT2D eigenvalue weighted by molar-refractivity contribution is 7.91. The minimum atomic E-state index is -3.85. The smallest absolute Gasteiger partial charge is 0.408 e. The number of aromatic nitrogens is 1. The molecule has 3 heterocycles. The maximum atomic E-state index is 14.1. The number of hydrogen-bond acceptors (Lipinski definition) is 9. The number of rotatable bonds is 6. The van der Waals surface area contributed by atoms with Crippen molar-refractivity contribution in [2.75, 3.05) is 6.54 Å². The number of pyridine rings is 1. The number of alkyl carbamates (subject to hydrolysis) is 1. The summed E-state index contributed by atoms with van der Waals surface area (Å²) in [6, 6.07) is 3.16. The van der Waals surface area contributed by atoms with E-state index in [-0.39, 0.29) is 19.4 Å². The van der Waals surface area contributed by atoms with E-state index in [1.165, 1.54) is 4.90 Å². The van der Waals surface area contributed by atoms with Gasteiger partial charge < -0.3 is 25.0 Å². The van der Waals surface area contributed by atoms with Gasteiger partial charge in [0.15, 0.2) is 0 Å². The average molecular weight is 646 g/mol. The van der Waals surface area contributed by atoms with Crippen molar-refractivity contribution >= 4 is 33.8 Å². The number of carbonyl (C=O) groups is 4. The van der Waals surface area contributed by atoms with Gasteiger partial charge in [0.05, 0.1) is 11.8 Å². The van der Waals surface area contributed by atoms with Crippen molar-refractivity contribution in [2.45, 2.75) is 113 Å². The summed E-state index contributed by atoms with van der Waals surface area (Å²) in [7, 11) is -3.85. The third-order valence-corrected chi connectivity index (χ3v) is 10.3. The van der Waals surface area contributed by atoms with Gasteiger partial charge in [-0.05, 0) is 65.4 Å². The molecule has 0 radical (unpaired) electrons. The maximum absolute atomic E-state index is 14.1. The third kappa shape index (κ3) is 8.13. The lowest BCUT2D eigenvalue weighted by Gasteiger charge is -2.30. The lowest BCUT2D eigenvalue weighted by Crippen LogP contribution is -2.58. The number of fused-ring (bicyclic) bond motifs is 2. The van der Waals surface area contributed by atoms with Gasteiger partial charge >= 0.3 is 6.09 Å². The molecule has 2 saturated carbocycles. The van der Waals surface area contributed by atoms with E-state index in [9.17, 15) is 27.6 Å². The van der Waals surface area contributed by atoms with E-state index in [2.05, 4.69) is 20.3 Å².